The first-order chi connectivity index (χ1) is 18.1. The molecule has 1 N–H and O–H groups in total. The van der Waals surface area contributed by atoms with Crippen LogP contribution in [0.3, 0.4) is 0 Å². The van der Waals surface area contributed by atoms with E-state index in [2.05, 4.69) is 25.1 Å². The molecule has 7 nitrogen and oxygen atoms in total. The Morgan fingerprint density at radius 2 is 1.65 bits per heavy atom. The van der Waals surface area contributed by atoms with Crippen LogP contribution in [0.2, 0.25) is 0 Å². The number of aromatic carboxylic acids is 1. The summed E-state index contributed by atoms with van der Waals surface area (Å²) in [7, 11) is 0. The maximum atomic E-state index is 11.6. The third kappa shape index (κ3) is 6.50. The van der Waals surface area contributed by atoms with Crippen LogP contribution < -0.4 is 14.2 Å². The van der Waals surface area contributed by atoms with Gasteiger partial charge < -0.3 is 23.8 Å². The normalized spacial score (nSPS) is 10.8. The zero-order chi connectivity index (χ0) is 26.0. The number of nitrogens with zero attached hydrogens (tertiary/aromatic N) is 1. The summed E-state index contributed by atoms with van der Waals surface area (Å²) in [5, 5.41) is 13.3. The van der Waals surface area contributed by atoms with Crippen molar-refractivity contribution < 1.29 is 28.6 Å². The second kappa shape index (κ2) is 12.6. The fraction of sp³-hybridized carbons (Fsp3) is 0.267. The summed E-state index contributed by atoms with van der Waals surface area (Å²) >= 11 is 0. The molecule has 3 aromatic carbocycles. The van der Waals surface area contributed by atoms with Crippen LogP contribution in [-0.4, -0.2) is 29.4 Å². The van der Waals surface area contributed by atoms with Gasteiger partial charge in [-0.15, -0.1) is 0 Å². The van der Waals surface area contributed by atoms with Crippen LogP contribution in [0.5, 0.6) is 23.0 Å². The highest BCUT2D eigenvalue weighted by Gasteiger charge is 2.16. The van der Waals surface area contributed by atoms with Crippen molar-refractivity contribution in [1.29, 1.82) is 0 Å². The lowest BCUT2D eigenvalue weighted by Crippen LogP contribution is -2.08. The first kappa shape index (κ1) is 25.8. The standard InChI is InChI=1S/C30H31NO6/c1-3-9-23-27(12-7-13-28(23)36-29-11-6-5-10-24(29)30(32)33)35-19-8-18-34-25-15-14-22(20-21(25)4-2)26-16-17-31-37-26/h5-7,10-17,20H,3-4,8-9,18-19H2,1-2H3,(H,32,33). The predicted octanol–water partition coefficient (Wildman–Crippen LogP) is 7.19. The van der Waals surface area contributed by atoms with Crippen LogP contribution in [0, 0.1) is 0 Å². The quantitative estimate of drug-likeness (QED) is 0.194. The van der Waals surface area contributed by atoms with Crippen LogP contribution in [0.25, 0.3) is 11.3 Å². The molecular weight excluding hydrogens is 470 g/mol. The summed E-state index contributed by atoms with van der Waals surface area (Å²) in [5.74, 6) is 2.19. The van der Waals surface area contributed by atoms with Crippen LogP contribution >= 0.6 is 0 Å². The van der Waals surface area contributed by atoms with Crippen LogP contribution in [0.15, 0.2) is 77.4 Å². The molecular formula is C30H31NO6. The van der Waals surface area contributed by atoms with Gasteiger partial charge in [0.05, 0.1) is 19.4 Å². The number of aromatic nitrogens is 1. The van der Waals surface area contributed by atoms with Gasteiger partial charge in [-0.25, -0.2) is 4.79 Å². The molecule has 0 unspecified atom stereocenters. The number of ether oxygens (including phenoxy) is 3. The van der Waals surface area contributed by atoms with E-state index in [9.17, 15) is 9.90 Å². The van der Waals surface area contributed by atoms with Gasteiger partial charge in [0, 0.05) is 23.6 Å². The lowest BCUT2D eigenvalue weighted by molar-refractivity contribution is 0.0694. The van der Waals surface area contributed by atoms with Gasteiger partial charge in [0.25, 0.3) is 0 Å². The van der Waals surface area contributed by atoms with E-state index in [1.54, 1.807) is 24.4 Å². The molecule has 0 aliphatic rings. The molecule has 0 amide bonds. The van der Waals surface area contributed by atoms with E-state index in [1.165, 1.54) is 6.07 Å². The molecule has 37 heavy (non-hydrogen) atoms. The van der Waals surface area contributed by atoms with Gasteiger partial charge >= 0.3 is 5.97 Å². The molecule has 0 radical (unpaired) electrons. The lowest BCUT2D eigenvalue weighted by atomic mass is 10.1. The van der Waals surface area contributed by atoms with E-state index in [-0.39, 0.29) is 5.56 Å². The van der Waals surface area contributed by atoms with Crippen molar-refractivity contribution in [2.24, 2.45) is 0 Å². The Bertz CT molecular complexity index is 1320. The molecule has 0 saturated carbocycles. The number of carboxylic acid groups (broad SMARTS) is 1. The Labute approximate surface area is 216 Å². The van der Waals surface area contributed by atoms with Crippen molar-refractivity contribution in [3.8, 4) is 34.3 Å². The van der Waals surface area contributed by atoms with Gasteiger partial charge in [-0.2, -0.15) is 0 Å². The number of rotatable bonds is 13. The second-order valence-electron chi connectivity index (χ2n) is 8.49. The molecule has 7 heteroatoms. The summed E-state index contributed by atoms with van der Waals surface area (Å²) in [4.78, 5) is 11.6. The zero-order valence-electron chi connectivity index (χ0n) is 21.1. The Kier molecular flexibility index (Phi) is 8.81. The van der Waals surface area contributed by atoms with E-state index >= 15 is 0 Å². The van der Waals surface area contributed by atoms with Gasteiger partial charge in [0.15, 0.2) is 5.76 Å². The van der Waals surface area contributed by atoms with Gasteiger partial charge in [-0.05, 0) is 60.9 Å². The molecule has 0 aliphatic carbocycles. The highest BCUT2D eigenvalue weighted by atomic mass is 16.5. The summed E-state index contributed by atoms with van der Waals surface area (Å²) in [5.41, 5.74) is 3.12. The van der Waals surface area contributed by atoms with Gasteiger partial charge in [0.1, 0.15) is 28.6 Å². The molecule has 1 aromatic heterocycles. The fourth-order valence-corrected chi connectivity index (χ4v) is 4.06. The van der Waals surface area contributed by atoms with Crippen LogP contribution in [0.1, 0.15) is 48.2 Å². The minimum absolute atomic E-state index is 0.119. The van der Waals surface area contributed by atoms with E-state index in [0.29, 0.717) is 31.1 Å². The minimum atomic E-state index is -1.03. The van der Waals surface area contributed by atoms with Gasteiger partial charge in [0.2, 0.25) is 0 Å². The average molecular weight is 502 g/mol. The summed E-state index contributed by atoms with van der Waals surface area (Å²) in [6, 6.07) is 20.1. The molecule has 0 atom stereocenters. The first-order valence-corrected chi connectivity index (χ1v) is 12.5. The summed E-state index contributed by atoms with van der Waals surface area (Å²) in [6.07, 6.45) is 4.81. The number of benzene rings is 3. The van der Waals surface area contributed by atoms with Crippen molar-refractivity contribution in [2.75, 3.05) is 13.2 Å². The van der Waals surface area contributed by atoms with Crippen molar-refractivity contribution in [1.82, 2.24) is 5.16 Å². The Hall–Kier alpha value is -4.26. The van der Waals surface area contributed by atoms with Gasteiger partial charge in [-0.3, -0.25) is 0 Å². The fourth-order valence-electron chi connectivity index (χ4n) is 4.06. The largest absolute Gasteiger partial charge is 0.493 e. The minimum Gasteiger partial charge on any atom is -0.493 e. The van der Waals surface area contributed by atoms with E-state index in [0.717, 1.165) is 53.2 Å². The Balaban J connectivity index is 1.37. The third-order valence-electron chi connectivity index (χ3n) is 5.89. The van der Waals surface area contributed by atoms with E-state index < -0.39 is 5.97 Å². The lowest BCUT2D eigenvalue weighted by Gasteiger charge is -2.17. The molecule has 0 saturated heterocycles. The zero-order valence-corrected chi connectivity index (χ0v) is 21.1. The highest BCUT2D eigenvalue weighted by molar-refractivity contribution is 5.91. The van der Waals surface area contributed by atoms with Crippen LogP contribution in [0.4, 0.5) is 0 Å². The van der Waals surface area contributed by atoms with Crippen molar-refractivity contribution in [2.45, 2.75) is 39.5 Å². The molecule has 4 aromatic rings. The Morgan fingerprint density at radius 3 is 2.38 bits per heavy atom. The van der Waals surface area contributed by atoms with Crippen molar-refractivity contribution >= 4 is 5.97 Å². The van der Waals surface area contributed by atoms with Crippen LogP contribution in [-0.2, 0) is 12.8 Å². The number of hydrogen-bond donors (Lipinski definition) is 1. The SMILES string of the molecule is CCCc1c(OCCCOc2ccc(-c3ccno3)cc2CC)cccc1Oc1ccccc1C(=O)O. The predicted molar refractivity (Wildman–Crippen MR) is 141 cm³/mol. The Morgan fingerprint density at radius 1 is 0.892 bits per heavy atom. The molecule has 0 bridgehead atoms. The van der Waals surface area contributed by atoms with E-state index in [1.807, 2.05) is 36.4 Å². The monoisotopic (exact) mass is 501 g/mol. The second-order valence-corrected chi connectivity index (χ2v) is 8.49. The molecule has 0 spiro atoms. The van der Waals surface area contributed by atoms with Crippen molar-refractivity contribution in [3.05, 3.63) is 89.6 Å². The summed E-state index contributed by atoms with van der Waals surface area (Å²) in [6.45, 7) is 5.16. The first-order valence-electron chi connectivity index (χ1n) is 12.5. The molecule has 192 valence electrons. The number of carboxylic acids is 1. The highest BCUT2D eigenvalue weighted by Crippen LogP contribution is 2.34. The van der Waals surface area contributed by atoms with Crippen molar-refractivity contribution in [3.63, 3.8) is 0 Å². The molecule has 4 rings (SSSR count). The smallest absolute Gasteiger partial charge is 0.339 e. The van der Waals surface area contributed by atoms with E-state index in [4.69, 9.17) is 18.7 Å². The molecule has 0 fully saturated rings. The average Bonchev–Trinajstić information content (AvgIpc) is 3.45. The number of para-hydroxylation sites is 1. The summed E-state index contributed by atoms with van der Waals surface area (Å²) < 4.78 is 23.5. The third-order valence-corrected chi connectivity index (χ3v) is 5.89. The molecule has 1 heterocycles. The number of hydrogen-bond acceptors (Lipinski definition) is 6. The maximum absolute atomic E-state index is 11.6. The number of aryl methyl sites for hydroxylation is 1. The molecule has 0 aliphatic heterocycles. The topological polar surface area (TPSA) is 91.0 Å². The van der Waals surface area contributed by atoms with Gasteiger partial charge in [-0.1, -0.05) is 43.6 Å². The number of carbonyl (C=O) groups is 1. The maximum Gasteiger partial charge on any atom is 0.339 e.